The van der Waals surface area contributed by atoms with Crippen LogP contribution in [0.15, 0.2) is 12.7 Å². The largest absolute Gasteiger partial charge is 0.313 e. The van der Waals surface area contributed by atoms with E-state index in [9.17, 15) is 0 Å². The highest BCUT2D eigenvalue weighted by Crippen LogP contribution is 2.56. The fraction of sp³-hybridized carbons (Fsp3) is 0.867. The van der Waals surface area contributed by atoms with Crippen molar-refractivity contribution in [1.29, 1.82) is 0 Å². The predicted molar refractivity (Wildman–Crippen MR) is 70.5 cm³/mol. The van der Waals surface area contributed by atoms with Crippen LogP contribution in [-0.4, -0.2) is 12.6 Å². The van der Waals surface area contributed by atoms with Crippen LogP contribution in [0.25, 0.3) is 0 Å². The van der Waals surface area contributed by atoms with E-state index in [-0.39, 0.29) is 0 Å². The summed E-state index contributed by atoms with van der Waals surface area (Å²) in [6.07, 6.45) is 10.6. The Morgan fingerprint density at radius 1 is 1.38 bits per heavy atom. The van der Waals surface area contributed by atoms with E-state index in [1.54, 1.807) is 0 Å². The normalized spacial score (nSPS) is 26.9. The van der Waals surface area contributed by atoms with Crippen molar-refractivity contribution in [1.82, 2.24) is 5.32 Å². The topological polar surface area (TPSA) is 12.0 Å². The van der Waals surface area contributed by atoms with Gasteiger partial charge >= 0.3 is 0 Å². The molecule has 2 saturated carbocycles. The van der Waals surface area contributed by atoms with Crippen LogP contribution in [0.2, 0.25) is 0 Å². The molecule has 2 unspecified atom stereocenters. The molecule has 2 aliphatic rings. The summed E-state index contributed by atoms with van der Waals surface area (Å²) >= 11 is 0. The van der Waals surface area contributed by atoms with E-state index in [4.69, 9.17) is 0 Å². The molecule has 2 aliphatic carbocycles. The van der Waals surface area contributed by atoms with Gasteiger partial charge in [-0.25, -0.2) is 0 Å². The van der Waals surface area contributed by atoms with E-state index < -0.39 is 0 Å². The van der Waals surface area contributed by atoms with Gasteiger partial charge in [0.25, 0.3) is 0 Å². The van der Waals surface area contributed by atoms with Gasteiger partial charge in [-0.15, -0.1) is 6.58 Å². The van der Waals surface area contributed by atoms with Crippen molar-refractivity contribution in [2.24, 2.45) is 17.3 Å². The number of hydrogen-bond donors (Lipinski definition) is 1. The highest BCUT2D eigenvalue weighted by molar-refractivity contribution is 5.01. The first-order valence-corrected chi connectivity index (χ1v) is 7.02. The van der Waals surface area contributed by atoms with Crippen LogP contribution < -0.4 is 5.32 Å². The second kappa shape index (κ2) is 4.91. The first kappa shape index (κ1) is 12.2. The minimum atomic E-state index is 0.634. The van der Waals surface area contributed by atoms with E-state index in [0.29, 0.717) is 17.4 Å². The van der Waals surface area contributed by atoms with Gasteiger partial charge < -0.3 is 5.32 Å². The molecule has 0 aromatic heterocycles. The zero-order valence-corrected chi connectivity index (χ0v) is 11.0. The maximum atomic E-state index is 3.83. The molecule has 0 bridgehead atoms. The van der Waals surface area contributed by atoms with Crippen molar-refractivity contribution in [3.05, 3.63) is 12.7 Å². The predicted octanol–water partition coefficient (Wildman–Crippen LogP) is 3.76. The smallest absolute Gasteiger partial charge is 0.00675 e. The van der Waals surface area contributed by atoms with Gasteiger partial charge in [0.05, 0.1) is 0 Å². The Morgan fingerprint density at radius 3 is 2.50 bits per heavy atom. The molecule has 0 saturated heterocycles. The van der Waals surface area contributed by atoms with E-state index in [1.165, 1.54) is 38.6 Å². The molecule has 0 radical (unpaired) electrons. The molecular formula is C15H27N. The van der Waals surface area contributed by atoms with Crippen LogP contribution in [0.5, 0.6) is 0 Å². The van der Waals surface area contributed by atoms with Gasteiger partial charge in [-0.05, 0) is 56.3 Å². The molecule has 2 fully saturated rings. The molecule has 0 aromatic rings. The summed E-state index contributed by atoms with van der Waals surface area (Å²) in [5, 5.41) is 3.78. The van der Waals surface area contributed by atoms with Crippen LogP contribution in [0.4, 0.5) is 0 Å². The Balaban J connectivity index is 1.75. The molecule has 1 N–H and O–H groups in total. The van der Waals surface area contributed by atoms with E-state index >= 15 is 0 Å². The monoisotopic (exact) mass is 221 g/mol. The Bertz CT molecular complexity index is 238. The maximum absolute atomic E-state index is 3.83. The van der Waals surface area contributed by atoms with Crippen LogP contribution in [-0.2, 0) is 0 Å². The summed E-state index contributed by atoms with van der Waals surface area (Å²) in [5.74, 6) is 1.78. The Morgan fingerprint density at radius 2 is 2.06 bits per heavy atom. The first-order valence-electron chi connectivity index (χ1n) is 7.02. The van der Waals surface area contributed by atoms with Gasteiger partial charge in [0.15, 0.2) is 0 Å². The van der Waals surface area contributed by atoms with E-state index in [2.05, 4.69) is 25.7 Å². The lowest BCUT2D eigenvalue weighted by Gasteiger charge is -2.44. The third kappa shape index (κ3) is 2.51. The Labute approximate surface area is 101 Å². The fourth-order valence-electron chi connectivity index (χ4n) is 3.09. The molecule has 16 heavy (non-hydrogen) atoms. The van der Waals surface area contributed by atoms with Gasteiger partial charge in [0.1, 0.15) is 0 Å². The lowest BCUT2D eigenvalue weighted by atomic mass is 9.65. The van der Waals surface area contributed by atoms with Crippen molar-refractivity contribution in [2.75, 3.05) is 6.54 Å². The molecule has 0 spiro atoms. The van der Waals surface area contributed by atoms with Crippen molar-refractivity contribution in [2.45, 2.75) is 58.4 Å². The number of rotatable bonds is 7. The number of hydrogen-bond acceptors (Lipinski definition) is 1. The second-order valence-electron chi connectivity index (χ2n) is 6.16. The average Bonchev–Trinajstić information content (AvgIpc) is 3.00. The van der Waals surface area contributed by atoms with Crippen molar-refractivity contribution < 1.29 is 0 Å². The second-order valence-corrected chi connectivity index (χ2v) is 6.16. The third-order valence-electron chi connectivity index (χ3n) is 4.96. The van der Waals surface area contributed by atoms with Crippen molar-refractivity contribution in [3.63, 3.8) is 0 Å². The molecule has 92 valence electrons. The van der Waals surface area contributed by atoms with Crippen LogP contribution >= 0.6 is 0 Å². The molecule has 0 heterocycles. The average molecular weight is 221 g/mol. The third-order valence-corrected chi connectivity index (χ3v) is 4.96. The van der Waals surface area contributed by atoms with Gasteiger partial charge in [0.2, 0.25) is 0 Å². The molecule has 0 aromatic carbocycles. The SMILES string of the molecule is C=CCC(C)C(C)NCC1(C2CC2)CCC1. The minimum Gasteiger partial charge on any atom is -0.313 e. The standard InChI is InChI=1S/C15H27N/c1-4-6-12(2)13(3)16-11-15(9-5-10-15)14-7-8-14/h4,12-14,16H,1,5-11H2,2-3H3. The van der Waals surface area contributed by atoms with E-state index in [0.717, 1.165) is 12.3 Å². The lowest BCUT2D eigenvalue weighted by molar-refractivity contribution is 0.0923. The molecule has 1 heteroatoms. The van der Waals surface area contributed by atoms with Crippen molar-refractivity contribution in [3.8, 4) is 0 Å². The summed E-state index contributed by atoms with van der Waals surface area (Å²) in [4.78, 5) is 0. The van der Waals surface area contributed by atoms with Gasteiger partial charge in [-0.3, -0.25) is 0 Å². The van der Waals surface area contributed by atoms with Crippen LogP contribution in [0, 0.1) is 17.3 Å². The summed E-state index contributed by atoms with van der Waals surface area (Å²) in [6.45, 7) is 9.74. The van der Waals surface area contributed by atoms with Gasteiger partial charge in [0, 0.05) is 12.6 Å². The summed E-state index contributed by atoms with van der Waals surface area (Å²) < 4.78 is 0. The molecule has 2 atom stereocenters. The number of allylic oxidation sites excluding steroid dienone is 1. The zero-order chi connectivity index (χ0) is 11.6. The first-order chi connectivity index (χ1) is 7.68. The quantitative estimate of drug-likeness (QED) is 0.646. The van der Waals surface area contributed by atoms with E-state index in [1.807, 2.05) is 6.08 Å². The lowest BCUT2D eigenvalue weighted by Crippen LogP contribution is -2.45. The highest BCUT2D eigenvalue weighted by Gasteiger charge is 2.48. The summed E-state index contributed by atoms with van der Waals surface area (Å²) in [7, 11) is 0. The van der Waals surface area contributed by atoms with Crippen LogP contribution in [0.1, 0.15) is 52.4 Å². The number of nitrogens with one attached hydrogen (secondary N) is 1. The molecule has 0 amide bonds. The van der Waals surface area contributed by atoms with Gasteiger partial charge in [-0.2, -0.15) is 0 Å². The molecule has 2 rings (SSSR count). The summed E-state index contributed by atoms with van der Waals surface area (Å²) in [6, 6.07) is 0.634. The molecular weight excluding hydrogens is 194 g/mol. The zero-order valence-electron chi connectivity index (χ0n) is 11.0. The Kier molecular flexibility index (Phi) is 3.73. The molecule has 1 nitrogen and oxygen atoms in total. The maximum Gasteiger partial charge on any atom is 0.00675 e. The van der Waals surface area contributed by atoms with Gasteiger partial charge in [-0.1, -0.05) is 19.4 Å². The Hall–Kier alpha value is -0.300. The molecule has 0 aliphatic heterocycles. The minimum absolute atomic E-state index is 0.634. The fourth-order valence-corrected chi connectivity index (χ4v) is 3.09. The highest BCUT2D eigenvalue weighted by atomic mass is 14.9. The van der Waals surface area contributed by atoms with Crippen molar-refractivity contribution >= 4 is 0 Å². The van der Waals surface area contributed by atoms with Crippen LogP contribution in [0.3, 0.4) is 0 Å². The summed E-state index contributed by atoms with van der Waals surface area (Å²) in [5.41, 5.74) is 0.710.